The van der Waals surface area contributed by atoms with E-state index in [0.29, 0.717) is 24.2 Å². The predicted molar refractivity (Wildman–Crippen MR) is 136 cm³/mol. The third-order valence-electron chi connectivity index (χ3n) is 7.19. The minimum absolute atomic E-state index is 0.00156. The van der Waals surface area contributed by atoms with Crippen molar-refractivity contribution in [3.05, 3.63) is 118 Å². The van der Waals surface area contributed by atoms with E-state index in [0.717, 1.165) is 45.8 Å². The molecule has 6 rings (SSSR count). The van der Waals surface area contributed by atoms with Gasteiger partial charge < -0.3 is 10.1 Å². The molecule has 174 valence electrons. The van der Waals surface area contributed by atoms with Gasteiger partial charge in [0.05, 0.1) is 5.70 Å². The van der Waals surface area contributed by atoms with E-state index < -0.39 is 0 Å². The van der Waals surface area contributed by atoms with Gasteiger partial charge in [-0.2, -0.15) is 0 Å². The molecule has 4 nitrogen and oxygen atoms in total. The van der Waals surface area contributed by atoms with Crippen molar-refractivity contribution in [1.82, 2.24) is 5.32 Å². The summed E-state index contributed by atoms with van der Waals surface area (Å²) in [6.07, 6.45) is 1.25. The molecule has 1 atom stereocenters. The van der Waals surface area contributed by atoms with E-state index in [2.05, 4.69) is 19.2 Å². The number of Topliss-reactive ketones (excluding diaryl/α,β-unsaturated/α-hetero) is 2. The molecular weight excluding hydrogens is 434 g/mol. The smallest absolute Gasteiger partial charge is 0.192 e. The fraction of sp³-hybridized carbons (Fsp3) is 0.226. The normalized spacial score (nSPS) is 20.2. The van der Waals surface area contributed by atoms with Crippen LogP contribution in [0.4, 0.5) is 0 Å². The van der Waals surface area contributed by atoms with Crippen LogP contribution in [0.25, 0.3) is 5.70 Å². The van der Waals surface area contributed by atoms with E-state index >= 15 is 0 Å². The standard InChI is InChI=1S/C31H27NO3/c1-31(2)16-24-27(25(33)17-31)26(28-29(32-24)22-10-6-7-11-23(22)30(28)34)20-12-14-21(15-13-20)35-18-19-8-4-3-5-9-19/h3-15,26,32H,16-18H2,1-2H3/t26-/m1/s1. The number of fused-ring (bicyclic) bond motifs is 2. The minimum atomic E-state index is -0.382. The van der Waals surface area contributed by atoms with E-state index in [1.165, 1.54) is 0 Å². The lowest BCUT2D eigenvalue weighted by atomic mass is 9.68. The summed E-state index contributed by atoms with van der Waals surface area (Å²) < 4.78 is 5.98. The third kappa shape index (κ3) is 3.70. The molecule has 0 unspecified atom stereocenters. The zero-order valence-electron chi connectivity index (χ0n) is 19.9. The highest BCUT2D eigenvalue weighted by Crippen LogP contribution is 2.51. The zero-order valence-corrected chi connectivity index (χ0v) is 19.9. The van der Waals surface area contributed by atoms with Crippen LogP contribution in [0.5, 0.6) is 5.75 Å². The van der Waals surface area contributed by atoms with Crippen molar-refractivity contribution >= 4 is 17.3 Å². The van der Waals surface area contributed by atoms with Crippen molar-refractivity contribution in [2.45, 2.75) is 39.2 Å². The molecule has 1 N–H and O–H groups in total. The third-order valence-corrected chi connectivity index (χ3v) is 7.19. The van der Waals surface area contributed by atoms with Gasteiger partial charge in [-0.1, -0.05) is 80.6 Å². The Balaban J connectivity index is 1.39. The number of rotatable bonds is 4. The highest BCUT2D eigenvalue weighted by Gasteiger charge is 2.46. The van der Waals surface area contributed by atoms with Gasteiger partial charge in [0.25, 0.3) is 0 Å². The average molecular weight is 462 g/mol. The average Bonchev–Trinajstić information content (AvgIpc) is 3.13. The second kappa shape index (κ2) is 8.09. The number of ether oxygens (including phenoxy) is 1. The molecule has 0 bridgehead atoms. The second-order valence-corrected chi connectivity index (χ2v) is 10.4. The van der Waals surface area contributed by atoms with Crippen LogP contribution in [0, 0.1) is 5.41 Å². The van der Waals surface area contributed by atoms with E-state index in [-0.39, 0.29) is 22.9 Å². The maximum atomic E-state index is 13.6. The summed E-state index contributed by atoms with van der Waals surface area (Å²) in [5.74, 6) is 0.496. The first-order chi connectivity index (χ1) is 16.9. The van der Waals surface area contributed by atoms with Crippen molar-refractivity contribution in [3.8, 4) is 5.75 Å². The molecule has 3 aromatic carbocycles. The van der Waals surface area contributed by atoms with E-state index in [4.69, 9.17) is 4.74 Å². The molecule has 3 aromatic rings. The maximum absolute atomic E-state index is 13.6. The Kier molecular flexibility index (Phi) is 4.99. The highest BCUT2D eigenvalue weighted by atomic mass is 16.5. The van der Waals surface area contributed by atoms with Crippen LogP contribution >= 0.6 is 0 Å². The van der Waals surface area contributed by atoms with Crippen LogP contribution in [0.2, 0.25) is 0 Å². The summed E-state index contributed by atoms with van der Waals surface area (Å²) in [6.45, 7) is 4.74. The number of ketones is 2. The molecule has 0 amide bonds. The SMILES string of the molecule is CC1(C)CC(=O)C2=C(C1)NC1=C(C(=O)c3ccccc31)[C@@H]2c1ccc(OCc2ccccc2)cc1. The molecule has 1 heterocycles. The first-order valence-electron chi connectivity index (χ1n) is 12.1. The Morgan fingerprint density at radius 2 is 1.51 bits per heavy atom. The fourth-order valence-electron chi connectivity index (χ4n) is 5.62. The summed E-state index contributed by atoms with van der Waals surface area (Å²) in [7, 11) is 0. The number of carbonyl (C=O) groups is 2. The van der Waals surface area contributed by atoms with Gasteiger partial charge in [0.1, 0.15) is 12.4 Å². The van der Waals surface area contributed by atoms with Crippen LogP contribution in [0.15, 0.2) is 95.7 Å². The number of nitrogens with one attached hydrogen (secondary N) is 1. The molecule has 0 saturated carbocycles. The number of carbonyl (C=O) groups excluding carboxylic acids is 2. The van der Waals surface area contributed by atoms with Gasteiger partial charge in [-0.05, 0) is 35.1 Å². The van der Waals surface area contributed by atoms with Crippen LogP contribution < -0.4 is 10.1 Å². The monoisotopic (exact) mass is 461 g/mol. The molecule has 0 spiro atoms. The maximum Gasteiger partial charge on any atom is 0.192 e. The van der Waals surface area contributed by atoms with Crippen molar-refractivity contribution in [1.29, 1.82) is 0 Å². The van der Waals surface area contributed by atoms with Crippen LogP contribution in [-0.4, -0.2) is 11.6 Å². The molecule has 2 aliphatic carbocycles. The van der Waals surface area contributed by atoms with E-state index in [9.17, 15) is 9.59 Å². The molecule has 3 aliphatic rings. The minimum Gasteiger partial charge on any atom is -0.489 e. The van der Waals surface area contributed by atoms with Gasteiger partial charge in [0.15, 0.2) is 11.6 Å². The number of hydrogen-bond donors (Lipinski definition) is 1. The van der Waals surface area contributed by atoms with Crippen molar-refractivity contribution in [2.75, 3.05) is 0 Å². The first kappa shape index (κ1) is 21.6. The van der Waals surface area contributed by atoms with Crippen molar-refractivity contribution < 1.29 is 14.3 Å². The van der Waals surface area contributed by atoms with Gasteiger partial charge in [-0.3, -0.25) is 9.59 Å². The van der Waals surface area contributed by atoms with Crippen molar-refractivity contribution in [3.63, 3.8) is 0 Å². The van der Waals surface area contributed by atoms with Gasteiger partial charge >= 0.3 is 0 Å². The first-order valence-corrected chi connectivity index (χ1v) is 12.1. The van der Waals surface area contributed by atoms with Gasteiger partial charge in [0.2, 0.25) is 0 Å². The fourth-order valence-corrected chi connectivity index (χ4v) is 5.62. The van der Waals surface area contributed by atoms with Gasteiger partial charge in [0, 0.05) is 40.3 Å². The van der Waals surface area contributed by atoms with Crippen LogP contribution in [-0.2, 0) is 11.4 Å². The molecule has 35 heavy (non-hydrogen) atoms. The van der Waals surface area contributed by atoms with E-state index in [1.54, 1.807) is 0 Å². The lowest BCUT2D eigenvalue weighted by Crippen LogP contribution is -2.37. The Bertz CT molecular complexity index is 1410. The Labute approximate surface area is 205 Å². The molecule has 0 aromatic heterocycles. The van der Waals surface area contributed by atoms with Crippen LogP contribution in [0.3, 0.4) is 0 Å². The van der Waals surface area contributed by atoms with Gasteiger partial charge in [-0.15, -0.1) is 0 Å². The number of hydrogen-bond acceptors (Lipinski definition) is 4. The molecule has 0 saturated heterocycles. The lowest BCUT2D eigenvalue weighted by Gasteiger charge is -2.39. The molecular formula is C31H27NO3. The quantitative estimate of drug-likeness (QED) is 0.502. The largest absolute Gasteiger partial charge is 0.489 e. The molecule has 0 fully saturated rings. The summed E-state index contributed by atoms with van der Waals surface area (Å²) in [5.41, 5.74) is 6.75. The molecule has 0 radical (unpaired) electrons. The summed E-state index contributed by atoms with van der Waals surface area (Å²) in [5, 5.41) is 3.53. The number of dihydropyridines is 1. The molecule has 4 heteroatoms. The number of benzene rings is 3. The predicted octanol–water partition coefficient (Wildman–Crippen LogP) is 6.20. The zero-order chi connectivity index (χ0) is 24.2. The lowest BCUT2D eigenvalue weighted by molar-refractivity contribution is -0.118. The van der Waals surface area contributed by atoms with Crippen molar-refractivity contribution in [2.24, 2.45) is 5.41 Å². The molecule has 1 aliphatic heterocycles. The van der Waals surface area contributed by atoms with E-state index in [1.807, 2.05) is 78.9 Å². The summed E-state index contributed by atoms with van der Waals surface area (Å²) in [6, 6.07) is 25.6. The Morgan fingerprint density at radius 3 is 2.26 bits per heavy atom. The van der Waals surface area contributed by atoms with Gasteiger partial charge in [-0.25, -0.2) is 0 Å². The highest BCUT2D eigenvalue weighted by molar-refractivity contribution is 6.23. The number of allylic oxidation sites excluding steroid dienone is 3. The summed E-state index contributed by atoms with van der Waals surface area (Å²) >= 11 is 0. The van der Waals surface area contributed by atoms with Crippen LogP contribution in [0.1, 0.15) is 59.7 Å². The second-order valence-electron chi connectivity index (χ2n) is 10.4. The topological polar surface area (TPSA) is 55.4 Å². The summed E-state index contributed by atoms with van der Waals surface area (Å²) in [4.78, 5) is 27.1. The Hall–Kier alpha value is -3.92. The Morgan fingerprint density at radius 1 is 0.829 bits per heavy atom.